The van der Waals surface area contributed by atoms with Crippen LogP contribution < -0.4 is 21.1 Å². The van der Waals surface area contributed by atoms with E-state index in [9.17, 15) is 4.79 Å². The van der Waals surface area contributed by atoms with Crippen LogP contribution in [0.5, 0.6) is 11.5 Å². The minimum absolute atomic E-state index is 0.0711. The Morgan fingerprint density at radius 1 is 0.926 bits per heavy atom. The summed E-state index contributed by atoms with van der Waals surface area (Å²) in [5.74, 6) is 1.48. The Morgan fingerprint density at radius 2 is 1.63 bits per heavy atom. The highest BCUT2D eigenvalue weighted by Gasteiger charge is 2.23. The second kappa shape index (κ2) is 7.41. The number of benzene rings is 3. The lowest BCUT2D eigenvalue weighted by Crippen LogP contribution is -2.25. The Hall–Kier alpha value is -3.47. The molecular formula is C22H21N3O2. The van der Waals surface area contributed by atoms with Crippen LogP contribution in [0.25, 0.3) is 0 Å². The second-order valence-electron chi connectivity index (χ2n) is 6.61. The number of hydrogen-bond donors (Lipinski definition) is 3. The number of amides is 1. The van der Waals surface area contributed by atoms with E-state index in [1.807, 2.05) is 60.7 Å². The molecule has 3 aromatic rings. The molecule has 0 aliphatic heterocycles. The molecule has 1 fully saturated rings. The molecule has 0 atom stereocenters. The summed E-state index contributed by atoms with van der Waals surface area (Å²) in [4.78, 5) is 12.1. The molecule has 5 heteroatoms. The van der Waals surface area contributed by atoms with Crippen LogP contribution in [0.1, 0.15) is 23.2 Å². The summed E-state index contributed by atoms with van der Waals surface area (Å²) in [6.45, 7) is 0. The number of nitrogens with two attached hydrogens (primary N) is 1. The van der Waals surface area contributed by atoms with Gasteiger partial charge in [0.25, 0.3) is 5.91 Å². The molecule has 3 aromatic carbocycles. The van der Waals surface area contributed by atoms with E-state index >= 15 is 0 Å². The first-order valence-corrected chi connectivity index (χ1v) is 8.98. The van der Waals surface area contributed by atoms with Crippen LogP contribution >= 0.6 is 0 Å². The Balaban J connectivity index is 1.41. The average Bonchev–Trinajstić information content (AvgIpc) is 3.50. The molecule has 1 aliphatic rings. The lowest BCUT2D eigenvalue weighted by atomic mass is 10.1. The van der Waals surface area contributed by atoms with Crippen molar-refractivity contribution in [1.29, 1.82) is 0 Å². The lowest BCUT2D eigenvalue weighted by molar-refractivity contribution is 0.0951. The lowest BCUT2D eigenvalue weighted by Gasteiger charge is -2.12. The van der Waals surface area contributed by atoms with Crippen LogP contribution in [0.2, 0.25) is 0 Å². The number of ether oxygens (including phenoxy) is 1. The summed E-state index contributed by atoms with van der Waals surface area (Å²) in [7, 11) is 0. The third kappa shape index (κ3) is 4.39. The van der Waals surface area contributed by atoms with Crippen molar-refractivity contribution in [1.82, 2.24) is 5.32 Å². The van der Waals surface area contributed by atoms with E-state index < -0.39 is 0 Å². The summed E-state index contributed by atoms with van der Waals surface area (Å²) in [6, 6.07) is 22.9. The van der Waals surface area contributed by atoms with E-state index in [0.717, 1.165) is 35.7 Å². The number of hydrogen-bond acceptors (Lipinski definition) is 4. The predicted octanol–water partition coefficient (Wildman–Crippen LogP) is 4.70. The Labute approximate surface area is 158 Å². The predicted molar refractivity (Wildman–Crippen MR) is 108 cm³/mol. The Bertz CT molecular complexity index is 936. The largest absolute Gasteiger partial charge is 0.457 e. The SMILES string of the molecule is Nc1cc(C(=O)NC2CC2)ccc1Nc1ccc(Oc2ccccc2)cc1. The van der Waals surface area contributed by atoms with Gasteiger partial charge in [-0.3, -0.25) is 4.79 Å². The average molecular weight is 359 g/mol. The minimum Gasteiger partial charge on any atom is -0.457 e. The molecule has 0 bridgehead atoms. The van der Waals surface area contributed by atoms with Crippen LogP contribution in [-0.2, 0) is 0 Å². The van der Waals surface area contributed by atoms with Crippen molar-refractivity contribution in [3.05, 3.63) is 78.4 Å². The van der Waals surface area contributed by atoms with E-state index in [0.29, 0.717) is 17.3 Å². The first kappa shape index (κ1) is 17.0. The number of rotatable bonds is 6. The molecule has 27 heavy (non-hydrogen) atoms. The third-order valence-electron chi connectivity index (χ3n) is 4.34. The first-order chi connectivity index (χ1) is 13.2. The van der Waals surface area contributed by atoms with Gasteiger partial charge in [0.05, 0.1) is 11.4 Å². The third-order valence-corrected chi connectivity index (χ3v) is 4.34. The molecule has 1 amide bonds. The van der Waals surface area contributed by atoms with Gasteiger partial charge in [-0.2, -0.15) is 0 Å². The Morgan fingerprint density at radius 3 is 2.30 bits per heavy atom. The van der Waals surface area contributed by atoms with E-state index in [2.05, 4.69) is 10.6 Å². The van der Waals surface area contributed by atoms with Crippen molar-refractivity contribution in [2.45, 2.75) is 18.9 Å². The van der Waals surface area contributed by atoms with Crippen LogP contribution in [0.15, 0.2) is 72.8 Å². The molecular weight excluding hydrogens is 338 g/mol. The molecule has 136 valence electrons. The van der Waals surface area contributed by atoms with Crippen molar-refractivity contribution in [3.8, 4) is 11.5 Å². The summed E-state index contributed by atoms with van der Waals surface area (Å²) in [5, 5.41) is 6.23. The van der Waals surface area contributed by atoms with E-state index in [4.69, 9.17) is 10.5 Å². The maximum absolute atomic E-state index is 12.1. The molecule has 5 nitrogen and oxygen atoms in total. The quantitative estimate of drug-likeness (QED) is 0.558. The van der Waals surface area contributed by atoms with Gasteiger partial charge >= 0.3 is 0 Å². The molecule has 0 unspecified atom stereocenters. The zero-order chi connectivity index (χ0) is 18.6. The fourth-order valence-electron chi connectivity index (χ4n) is 2.70. The van der Waals surface area contributed by atoms with Gasteiger partial charge in [0.1, 0.15) is 11.5 Å². The number of nitrogens with one attached hydrogen (secondary N) is 2. The molecule has 4 rings (SSSR count). The van der Waals surface area contributed by atoms with Crippen molar-refractivity contribution in [2.75, 3.05) is 11.1 Å². The van der Waals surface area contributed by atoms with Crippen LogP contribution in [0.3, 0.4) is 0 Å². The topological polar surface area (TPSA) is 76.4 Å². The van der Waals surface area contributed by atoms with Gasteiger partial charge in [0.2, 0.25) is 0 Å². The van der Waals surface area contributed by atoms with Gasteiger partial charge in [-0.05, 0) is 67.4 Å². The molecule has 4 N–H and O–H groups in total. The highest BCUT2D eigenvalue weighted by molar-refractivity contribution is 5.96. The number of anilines is 3. The van der Waals surface area contributed by atoms with Gasteiger partial charge in [-0.25, -0.2) is 0 Å². The number of nitrogen functional groups attached to an aromatic ring is 1. The van der Waals surface area contributed by atoms with E-state index in [1.54, 1.807) is 12.1 Å². The smallest absolute Gasteiger partial charge is 0.251 e. The second-order valence-corrected chi connectivity index (χ2v) is 6.61. The van der Waals surface area contributed by atoms with Crippen molar-refractivity contribution >= 4 is 23.0 Å². The van der Waals surface area contributed by atoms with Gasteiger partial charge in [0, 0.05) is 17.3 Å². The normalized spacial score (nSPS) is 13.0. The molecule has 0 spiro atoms. The standard InChI is InChI=1S/C22H21N3O2/c23-20-14-15(22(26)25-17-7-8-17)6-13-21(20)24-16-9-11-19(12-10-16)27-18-4-2-1-3-5-18/h1-6,9-14,17,24H,7-8,23H2,(H,25,26). The van der Waals surface area contributed by atoms with E-state index in [-0.39, 0.29) is 5.91 Å². The van der Waals surface area contributed by atoms with Crippen molar-refractivity contribution < 1.29 is 9.53 Å². The summed E-state index contributed by atoms with van der Waals surface area (Å²) in [5.41, 5.74) is 8.87. The van der Waals surface area contributed by atoms with Crippen LogP contribution in [0, 0.1) is 0 Å². The maximum Gasteiger partial charge on any atom is 0.251 e. The number of carbonyl (C=O) groups excluding carboxylic acids is 1. The fraction of sp³-hybridized carbons (Fsp3) is 0.136. The molecule has 1 aliphatic carbocycles. The number of carbonyl (C=O) groups is 1. The highest BCUT2D eigenvalue weighted by atomic mass is 16.5. The molecule has 1 saturated carbocycles. The fourth-order valence-corrected chi connectivity index (χ4v) is 2.70. The molecule has 0 aromatic heterocycles. The van der Waals surface area contributed by atoms with Crippen LogP contribution in [0.4, 0.5) is 17.1 Å². The number of para-hydroxylation sites is 1. The Kier molecular flexibility index (Phi) is 4.66. The molecule has 0 saturated heterocycles. The summed E-state index contributed by atoms with van der Waals surface area (Å²) < 4.78 is 5.79. The highest BCUT2D eigenvalue weighted by Crippen LogP contribution is 2.27. The van der Waals surface area contributed by atoms with Gasteiger partial charge in [-0.15, -0.1) is 0 Å². The van der Waals surface area contributed by atoms with Crippen LogP contribution in [-0.4, -0.2) is 11.9 Å². The van der Waals surface area contributed by atoms with Crippen molar-refractivity contribution in [2.24, 2.45) is 0 Å². The van der Waals surface area contributed by atoms with Gasteiger partial charge in [-0.1, -0.05) is 18.2 Å². The first-order valence-electron chi connectivity index (χ1n) is 8.98. The van der Waals surface area contributed by atoms with Gasteiger partial charge < -0.3 is 21.1 Å². The summed E-state index contributed by atoms with van der Waals surface area (Å²) in [6.07, 6.45) is 2.12. The minimum atomic E-state index is -0.0711. The maximum atomic E-state index is 12.1. The summed E-state index contributed by atoms with van der Waals surface area (Å²) >= 11 is 0. The molecule has 0 radical (unpaired) electrons. The monoisotopic (exact) mass is 359 g/mol. The van der Waals surface area contributed by atoms with Crippen molar-refractivity contribution in [3.63, 3.8) is 0 Å². The van der Waals surface area contributed by atoms with Gasteiger partial charge in [0.15, 0.2) is 0 Å². The molecule has 0 heterocycles. The zero-order valence-corrected chi connectivity index (χ0v) is 14.8. The van der Waals surface area contributed by atoms with E-state index in [1.165, 1.54) is 0 Å². The zero-order valence-electron chi connectivity index (χ0n) is 14.8.